The lowest BCUT2D eigenvalue weighted by Gasteiger charge is -2.14. The lowest BCUT2D eigenvalue weighted by molar-refractivity contribution is -0.154. The maximum absolute atomic E-state index is 12.0. The Morgan fingerprint density at radius 1 is 0.909 bits per heavy atom. The van der Waals surface area contributed by atoms with E-state index in [9.17, 15) is 4.79 Å². The number of carbonyl (C=O) groups is 1. The Bertz CT molecular complexity index is 1060. The second-order valence-corrected chi connectivity index (χ2v) is 8.07. The maximum atomic E-state index is 12.0. The smallest absolute Gasteiger partial charge is 0.335 e. The zero-order valence-electron chi connectivity index (χ0n) is 19.3. The lowest BCUT2D eigenvalue weighted by Crippen LogP contribution is -2.27. The molecule has 0 aliphatic heterocycles. The van der Waals surface area contributed by atoms with E-state index in [2.05, 4.69) is 54.6 Å². The summed E-state index contributed by atoms with van der Waals surface area (Å²) >= 11 is 0. The summed E-state index contributed by atoms with van der Waals surface area (Å²) in [5.74, 6) is 0.451. The van der Waals surface area contributed by atoms with Crippen molar-refractivity contribution < 1.29 is 19.0 Å². The van der Waals surface area contributed by atoms with Gasteiger partial charge in [-0.1, -0.05) is 60.7 Å². The van der Waals surface area contributed by atoms with E-state index >= 15 is 0 Å². The minimum absolute atomic E-state index is 0.337. The van der Waals surface area contributed by atoms with Gasteiger partial charge in [0.2, 0.25) is 0 Å². The van der Waals surface area contributed by atoms with Crippen molar-refractivity contribution in [3.8, 4) is 5.75 Å². The van der Waals surface area contributed by atoms with Crippen molar-refractivity contribution in [1.29, 1.82) is 0 Å². The van der Waals surface area contributed by atoms with E-state index < -0.39 is 6.10 Å². The number of fused-ring (bicyclic) bond motifs is 2. The lowest BCUT2D eigenvalue weighted by atomic mass is 9.94. The Morgan fingerprint density at radius 2 is 1.52 bits per heavy atom. The van der Waals surface area contributed by atoms with Gasteiger partial charge in [-0.3, -0.25) is 0 Å². The zero-order chi connectivity index (χ0) is 23.0. The first-order valence-electron chi connectivity index (χ1n) is 11.5. The van der Waals surface area contributed by atoms with E-state index in [-0.39, 0.29) is 5.97 Å². The summed E-state index contributed by atoms with van der Waals surface area (Å²) in [4.78, 5) is 12.0. The number of esters is 1. The van der Waals surface area contributed by atoms with Gasteiger partial charge in [0.25, 0.3) is 0 Å². The monoisotopic (exact) mass is 442 g/mol. The molecule has 1 atom stereocenters. The van der Waals surface area contributed by atoms with E-state index in [0.29, 0.717) is 19.6 Å². The fourth-order valence-electron chi connectivity index (χ4n) is 4.29. The Morgan fingerprint density at radius 3 is 2.09 bits per heavy atom. The fraction of sp³-hybridized carbons (Fsp3) is 0.276. The van der Waals surface area contributed by atoms with Gasteiger partial charge in [0.15, 0.2) is 6.10 Å². The Balaban J connectivity index is 1.47. The van der Waals surface area contributed by atoms with Crippen molar-refractivity contribution in [2.75, 3.05) is 20.3 Å². The summed E-state index contributed by atoms with van der Waals surface area (Å²) in [6, 6.07) is 25.1. The summed E-state index contributed by atoms with van der Waals surface area (Å²) in [6.07, 6.45) is 4.13. The number of rotatable bonds is 8. The molecule has 0 fully saturated rings. The summed E-state index contributed by atoms with van der Waals surface area (Å²) < 4.78 is 16.4. The molecule has 4 heteroatoms. The van der Waals surface area contributed by atoms with Crippen LogP contribution in [0.4, 0.5) is 0 Å². The molecule has 1 unspecified atom stereocenters. The van der Waals surface area contributed by atoms with Crippen LogP contribution in [0.5, 0.6) is 5.75 Å². The second kappa shape index (κ2) is 11.0. The van der Waals surface area contributed by atoms with Gasteiger partial charge in [-0.25, -0.2) is 4.79 Å². The number of ether oxygens (including phenoxy) is 3. The van der Waals surface area contributed by atoms with Crippen LogP contribution in [0.1, 0.15) is 34.7 Å². The molecule has 0 saturated carbocycles. The van der Waals surface area contributed by atoms with E-state index in [0.717, 1.165) is 24.2 Å². The highest BCUT2D eigenvalue weighted by molar-refractivity contribution is 5.84. The highest BCUT2D eigenvalue weighted by Gasteiger charge is 2.20. The van der Waals surface area contributed by atoms with Crippen molar-refractivity contribution in [2.45, 2.75) is 32.3 Å². The number of aryl methyl sites for hydroxylation is 2. The number of hydrogen-bond acceptors (Lipinski definition) is 4. The maximum Gasteiger partial charge on any atom is 0.335 e. The van der Waals surface area contributed by atoms with E-state index in [1.807, 2.05) is 24.3 Å². The molecule has 4 rings (SSSR count). The van der Waals surface area contributed by atoms with Crippen molar-refractivity contribution in [1.82, 2.24) is 0 Å². The molecular weight excluding hydrogens is 412 g/mol. The fourth-order valence-corrected chi connectivity index (χ4v) is 4.29. The number of methoxy groups -OCH3 is 1. The Labute approximate surface area is 195 Å². The van der Waals surface area contributed by atoms with Crippen LogP contribution >= 0.6 is 0 Å². The second-order valence-electron chi connectivity index (χ2n) is 8.07. The van der Waals surface area contributed by atoms with Crippen LogP contribution in [0.3, 0.4) is 0 Å². The van der Waals surface area contributed by atoms with Gasteiger partial charge in [0, 0.05) is 13.5 Å². The minimum atomic E-state index is -0.600. The van der Waals surface area contributed by atoms with Crippen molar-refractivity contribution >= 4 is 11.5 Å². The Kier molecular flexibility index (Phi) is 7.59. The van der Waals surface area contributed by atoms with E-state index in [1.165, 1.54) is 34.9 Å². The van der Waals surface area contributed by atoms with Gasteiger partial charge in [-0.05, 0) is 71.4 Å². The normalized spacial score (nSPS) is 13.3. The van der Waals surface area contributed by atoms with Crippen LogP contribution in [0.25, 0.3) is 5.57 Å². The predicted molar refractivity (Wildman–Crippen MR) is 130 cm³/mol. The van der Waals surface area contributed by atoms with E-state index in [4.69, 9.17) is 14.2 Å². The first kappa shape index (κ1) is 22.8. The molecule has 0 aromatic heterocycles. The molecule has 0 amide bonds. The zero-order valence-corrected chi connectivity index (χ0v) is 19.3. The highest BCUT2D eigenvalue weighted by atomic mass is 16.6. The van der Waals surface area contributed by atoms with Gasteiger partial charge in [-0.2, -0.15) is 0 Å². The van der Waals surface area contributed by atoms with Crippen LogP contribution < -0.4 is 4.74 Å². The molecule has 1 aliphatic carbocycles. The van der Waals surface area contributed by atoms with Crippen LogP contribution in [0, 0.1) is 0 Å². The van der Waals surface area contributed by atoms with Crippen LogP contribution in [-0.2, 0) is 33.5 Å². The molecule has 4 nitrogen and oxygen atoms in total. The molecule has 0 spiro atoms. The number of hydrogen-bond donors (Lipinski definition) is 0. The highest BCUT2D eigenvalue weighted by Crippen LogP contribution is 2.33. The van der Waals surface area contributed by atoms with Gasteiger partial charge in [0.05, 0.1) is 6.61 Å². The van der Waals surface area contributed by atoms with Crippen molar-refractivity contribution in [3.63, 3.8) is 0 Å². The standard InChI is InChI=1S/C29H30O4/c1-3-32-29(30)28(31-2)20-21-12-16-24(17-13-21)33-19-18-27-25-10-6-4-8-22(25)14-15-23-9-5-7-11-26(23)27/h4-13,16-18,28H,3,14-15,19-20H2,1-2H3. The topological polar surface area (TPSA) is 44.8 Å². The average Bonchev–Trinajstić information content (AvgIpc) is 3.01. The van der Waals surface area contributed by atoms with Gasteiger partial charge in [0.1, 0.15) is 12.4 Å². The SMILES string of the molecule is CCOC(=O)C(Cc1ccc(OCC=C2c3ccccc3CCc3ccccc32)cc1)OC. The molecule has 0 radical (unpaired) electrons. The van der Waals surface area contributed by atoms with Gasteiger partial charge < -0.3 is 14.2 Å². The average molecular weight is 443 g/mol. The third-order valence-corrected chi connectivity index (χ3v) is 5.99. The summed E-state index contributed by atoms with van der Waals surface area (Å²) in [6.45, 7) is 2.61. The summed E-state index contributed by atoms with van der Waals surface area (Å²) in [5.41, 5.74) is 7.54. The van der Waals surface area contributed by atoms with Crippen molar-refractivity contribution in [2.24, 2.45) is 0 Å². The molecule has 0 heterocycles. The molecule has 3 aromatic rings. The van der Waals surface area contributed by atoms with E-state index in [1.54, 1.807) is 6.92 Å². The minimum Gasteiger partial charge on any atom is -0.490 e. The first-order valence-corrected chi connectivity index (χ1v) is 11.5. The third-order valence-electron chi connectivity index (χ3n) is 5.99. The molecular formula is C29H30O4. The molecule has 0 N–H and O–H groups in total. The number of carbonyl (C=O) groups excluding carboxylic acids is 1. The van der Waals surface area contributed by atoms with Gasteiger partial charge >= 0.3 is 5.97 Å². The van der Waals surface area contributed by atoms with Crippen molar-refractivity contribution in [3.05, 3.63) is 107 Å². The summed E-state index contributed by atoms with van der Waals surface area (Å²) in [5, 5.41) is 0. The quantitative estimate of drug-likeness (QED) is 0.437. The molecule has 33 heavy (non-hydrogen) atoms. The first-order chi connectivity index (χ1) is 16.2. The largest absolute Gasteiger partial charge is 0.490 e. The molecule has 0 bridgehead atoms. The number of benzene rings is 3. The third kappa shape index (κ3) is 5.52. The van der Waals surface area contributed by atoms with Crippen LogP contribution in [-0.4, -0.2) is 32.4 Å². The molecule has 0 saturated heterocycles. The van der Waals surface area contributed by atoms with Gasteiger partial charge in [-0.15, -0.1) is 0 Å². The molecule has 1 aliphatic rings. The Hall–Kier alpha value is -3.37. The van der Waals surface area contributed by atoms with Crippen LogP contribution in [0.15, 0.2) is 78.9 Å². The van der Waals surface area contributed by atoms with Crippen LogP contribution in [0.2, 0.25) is 0 Å². The predicted octanol–water partition coefficient (Wildman–Crippen LogP) is 5.42. The molecule has 170 valence electrons. The molecule has 3 aromatic carbocycles. The summed E-state index contributed by atoms with van der Waals surface area (Å²) in [7, 11) is 1.52.